The molecule has 0 bridgehead atoms. The Balaban J connectivity index is 1.05. The van der Waals surface area contributed by atoms with Crippen molar-refractivity contribution in [2.75, 3.05) is 4.90 Å². The molecule has 0 radical (unpaired) electrons. The molecule has 0 amide bonds. The van der Waals surface area contributed by atoms with Crippen LogP contribution >= 0.6 is 0 Å². The minimum Gasteiger partial charge on any atom is -0.310 e. The second kappa shape index (κ2) is 15.8. The van der Waals surface area contributed by atoms with Crippen LogP contribution in [0, 0.1) is 0 Å². The first kappa shape index (κ1) is 39.8. The van der Waals surface area contributed by atoms with Gasteiger partial charge < -0.3 is 4.90 Å². The van der Waals surface area contributed by atoms with E-state index >= 15 is 0 Å². The van der Waals surface area contributed by atoms with Crippen LogP contribution in [0.3, 0.4) is 0 Å². The van der Waals surface area contributed by atoms with E-state index < -0.39 is 0 Å². The largest absolute Gasteiger partial charge is 0.310 e. The first-order valence-corrected chi connectivity index (χ1v) is 23.7. The van der Waals surface area contributed by atoms with Crippen LogP contribution in [0.1, 0.15) is 25.0 Å². The van der Waals surface area contributed by atoms with Gasteiger partial charge in [0, 0.05) is 22.5 Å². The summed E-state index contributed by atoms with van der Waals surface area (Å²) in [4.78, 5) is 2.44. The van der Waals surface area contributed by atoms with Gasteiger partial charge in [0.25, 0.3) is 0 Å². The van der Waals surface area contributed by atoms with E-state index in [0.717, 1.165) is 17.1 Å². The molecule has 0 heterocycles. The third-order valence-electron chi connectivity index (χ3n) is 14.6. The number of anilines is 3. The lowest BCUT2D eigenvalue weighted by atomic mass is 9.81. The van der Waals surface area contributed by atoms with Crippen LogP contribution in [0.2, 0.25) is 0 Å². The maximum absolute atomic E-state index is 2.44. The van der Waals surface area contributed by atoms with E-state index in [9.17, 15) is 0 Å². The molecule has 0 spiro atoms. The number of rotatable bonds is 7. The van der Waals surface area contributed by atoms with E-state index in [4.69, 9.17) is 0 Å². The first-order valence-electron chi connectivity index (χ1n) is 23.7. The molecule has 0 unspecified atom stereocenters. The third-order valence-corrected chi connectivity index (χ3v) is 14.6. The molecule has 0 fully saturated rings. The van der Waals surface area contributed by atoms with E-state index in [2.05, 4.69) is 267 Å². The summed E-state index contributed by atoms with van der Waals surface area (Å²) in [6.45, 7) is 4.71. The van der Waals surface area contributed by atoms with E-state index in [0.29, 0.717) is 0 Å². The van der Waals surface area contributed by atoms with Gasteiger partial charge in [-0.05, 0) is 158 Å². The highest BCUT2D eigenvalue weighted by Gasteiger charge is 2.35. The molecular weight excluding hydrogens is 819 g/mol. The molecule has 13 rings (SSSR count). The highest BCUT2D eigenvalue weighted by Crippen LogP contribution is 2.52. The number of nitrogens with zero attached hydrogens (tertiary/aromatic N) is 1. The van der Waals surface area contributed by atoms with Crippen molar-refractivity contribution in [3.8, 4) is 55.6 Å². The maximum Gasteiger partial charge on any atom is 0.0468 e. The van der Waals surface area contributed by atoms with Gasteiger partial charge in [0.15, 0.2) is 0 Å². The van der Waals surface area contributed by atoms with Gasteiger partial charge >= 0.3 is 0 Å². The summed E-state index contributed by atoms with van der Waals surface area (Å²) >= 11 is 0. The maximum atomic E-state index is 2.44. The zero-order chi connectivity index (χ0) is 45.3. The van der Waals surface area contributed by atoms with Crippen LogP contribution in [-0.4, -0.2) is 0 Å². The Hall–Kier alpha value is -8.52. The van der Waals surface area contributed by atoms with Crippen LogP contribution in [-0.2, 0) is 5.41 Å². The molecule has 1 nitrogen and oxygen atoms in total. The number of fused-ring (bicyclic) bond motifs is 10. The number of hydrogen-bond acceptors (Lipinski definition) is 1. The van der Waals surface area contributed by atoms with Gasteiger partial charge in [-0.1, -0.05) is 214 Å². The lowest BCUT2D eigenvalue weighted by Gasteiger charge is -2.27. The Bertz CT molecular complexity index is 3900. The van der Waals surface area contributed by atoms with Crippen LogP contribution in [0.15, 0.2) is 249 Å². The Morgan fingerprint density at radius 2 is 0.824 bits per heavy atom. The normalized spacial score (nSPS) is 12.7. The molecule has 1 heteroatoms. The van der Waals surface area contributed by atoms with Crippen LogP contribution < -0.4 is 4.90 Å². The Morgan fingerprint density at radius 3 is 1.57 bits per heavy atom. The Labute approximate surface area is 397 Å². The molecule has 1 aliphatic rings. The fraction of sp³-hybridized carbons (Fsp3) is 0.0448. The summed E-state index contributed by atoms with van der Waals surface area (Å²) in [5, 5.41) is 9.88. The topological polar surface area (TPSA) is 3.24 Å². The molecule has 0 N–H and O–H groups in total. The second-order valence-corrected chi connectivity index (χ2v) is 18.8. The molecule has 1 aliphatic carbocycles. The third kappa shape index (κ3) is 6.38. The van der Waals surface area contributed by atoms with Crippen LogP contribution in [0.25, 0.3) is 98.7 Å². The van der Waals surface area contributed by atoms with Crippen LogP contribution in [0.4, 0.5) is 17.1 Å². The molecule has 0 atom stereocenters. The molecule has 0 aromatic heterocycles. The molecular formula is C67H47N. The highest BCUT2D eigenvalue weighted by atomic mass is 15.1. The predicted molar refractivity (Wildman–Crippen MR) is 290 cm³/mol. The zero-order valence-corrected chi connectivity index (χ0v) is 38.1. The van der Waals surface area contributed by atoms with Crippen molar-refractivity contribution in [1.29, 1.82) is 0 Å². The first-order chi connectivity index (χ1) is 33.5. The molecule has 12 aromatic rings. The van der Waals surface area contributed by atoms with E-state index in [1.54, 1.807) is 0 Å². The second-order valence-electron chi connectivity index (χ2n) is 18.8. The molecule has 12 aromatic carbocycles. The summed E-state index contributed by atoms with van der Waals surface area (Å²) in [6.07, 6.45) is 0. The average molecular weight is 866 g/mol. The highest BCUT2D eigenvalue weighted by molar-refractivity contribution is 6.33. The standard InChI is InChI=1S/C67H47N/c1-67(2)62-29-17-16-27-55(62)56-38-33-50(41-63(56)67)45-30-34-51(35-31-45)68(52-36-32-44-18-12-13-25-49(44)40-52)53-37-39-58-61(42-53)54-26-14-15-28-57(54)65-60(47-21-8-4-9-22-47)43-59(46-19-6-3-7-20-46)64(66(58)65)48-23-10-5-11-24-48/h3-43H,1-2H3. The van der Waals surface area contributed by atoms with Gasteiger partial charge in [-0.3, -0.25) is 0 Å². The van der Waals surface area contributed by atoms with E-state index in [1.165, 1.54) is 110 Å². The van der Waals surface area contributed by atoms with Crippen molar-refractivity contribution >= 4 is 60.2 Å². The van der Waals surface area contributed by atoms with Crippen molar-refractivity contribution in [1.82, 2.24) is 0 Å². The van der Waals surface area contributed by atoms with Gasteiger partial charge in [0.2, 0.25) is 0 Å². The molecule has 68 heavy (non-hydrogen) atoms. The number of hydrogen-bond donors (Lipinski definition) is 0. The van der Waals surface area contributed by atoms with E-state index in [1.807, 2.05) is 0 Å². The number of benzene rings is 12. The van der Waals surface area contributed by atoms with Gasteiger partial charge in [-0.2, -0.15) is 0 Å². The van der Waals surface area contributed by atoms with Gasteiger partial charge in [-0.15, -0.1) is 0 Å². The van der Waals surface area contributed by atoms with Crippen molar-refractivity contribution in [2.45, 2.75) is 19.3 Å². The summed E-state index contributed by atoms with van der Waals surface area (Å²) in [5.74, 6) is 0. The predicted octanol–water partition coefficient (Wildman–Crippen LogP) is 18.7. The minimum absolute atomic E-state index is 0.0611. The van der Waals surface area contributed by atoms with E-state index in [-0.39, 0.29) is 5.41 Å². The quantitative estimate of drug-likeness (QED) is 0.144. The SMILES string of the molecule is CC1(C)c2ccccc2-c2ccc(-c3ccc(N(c4ccc5ccccc5c4)c4ccc5c(c4)c4ccccc4c4c(-c6ccccc6)cc(-c6ccccc6)c(-c6ccccc6)c54)cc3)cc21. The summed E-state index contributed by atoms with van der Waals surface area (Å²) in [7, 11) is 0. The van der Waals surface area contributed by atoms with Gasteiger partial charge in [-0.25, -0.2) is 0 Å². The molecule has 0 saturated heterocycles. The summed E-state index contributed by atoms with van der Waals surface area (Å²) < 4.78 is 0. The minimum atomic E-state index is -0.0611. The van der Waals surface area contributed by atoms with Crippen molar-refractivity contribution in [3.05, 3.63) is 260 Å². The van der Waals surface area contributed by atoms with Crippen LogP contribution in [0.5, 0.6) is 0 Å². The fourth-order valence-electron chi connectivity index (χ4n) is 11.3. The zero-order valence-electron chi connectivity index (χ0n) is 38.1. The average Bonchev–Trinajstić information content (AvgIpc) is 3.64. The monoisotopic (exact) mass is 865 g/mol. The van der Waals surface area contributed by atoms with Crippen molar-refractivity contribution in [3.63, 3.8) is 0 Å². The molecule has 0 saturated carbocycles. The Kier molecular flexibility index (Phi) is 9.27. The van der Waals surface area contributed by atoms with Gasteiger partial charge in [0.1, 0.15) is 0 Å². The smallest absolute Gasteiger partial charge is 0.0468 e. The molecule has 320 valence electrons. The summed E-state index contributed by atoms with van der Waals surface area (Å²) in [6, 6.07) is 92.1. The summed E-state index contributed by atoms with van der Waals surface area (Å²) in [5.41, 5.74) is 18.5. The van der Waals surface area contributed by atoms with Crippen molar-refractivity contribution in [2.24, 2.45) is 0 Å². The fourth-order valence-corrected chi connectivity index (χ4v) is 11.3. The van der Waals surface area contributed by atoms with Gasteiger partial charge in [0.05, 0.1) is 0 Å². The lowest BCUT2D eigenvalue weighted by molar-refractivity contribution is 0.660. The van der Waals surface area contributed by atoms with Crippen molar-refractivity contribution < 1.29 is 0 Å². The molecule has 0 aliphatic heterocycles. The lowest BCUT2D eigenvalue weighted by Crippen LogP contribution is -2.14. The Morgan fingerprint density at radius 1 is 0.279 bits per heavy atom.